The molecule has 1 saturated heterocycles. The minimum absolute atomic E-state index is 0.0260. The van der Waals surface area contributed by atoms with Crippen molar-refractivity contribution < 1.29 is 30.4 Å². The van der Waals surface area contributed by atoms with Crippen LogP contribution in [-0.2, 0) is 23.7 Å². The van der Waals surface area contributed by atoms with Gasteiger partial charge in [-0.25, -0.2) is 17.5 Å². The van der Waals surface area contributed by atoms with Gasteiger partial charge >= 0.3 is 6.18 Å². The van der Waals surface area contributed by atoms with Crippen molar-refractivity contribution in [3.63, 3.8) is 0 Å². The number of likely N-dealkylation sites (tertiary alicyclic amines) is 1. The molecule has 1 aromatic heterocycles. The number of anilines is 1. The van der Waals surface area contributed by atoms with Crippen LogP contribution in [0.15, 0.2) is 30.5 Å². The first-order valence-corrected chi connectivity index (χ1v) is 13.7. The van der Waals surface area contributed by atoms with Crippen molar-refractivity contribution in [2.24, 2.45) is 0 Å². The van der Waals surface area contributed by atoms with Crippen LogP contribution < -0.4 is 10.0 Å². The molecule has 0 radical (unpaired) electrons. The van der Waals surface area contributed by atoms with Crippen LogP contribution in [0.4, 0.5) is 27.6 Å². The first-order valence-electron chi connectivity index (χ1n) is 12.6. The highest BCUT2D eigenvalue weighted by molar-refractivity contribution is 7.70. The summed E-state index contributed by atoms with van der Waals surface area (Å²) in [4.78, 5) is 7.92. The van der Waals surface area contributed by atoms with Gasteiger partial charge in [-0.3, -0.25) is 19.2 Å². The van der Waals surface area contributed by atoms with Crippen molar-refractivity contribution in [3.05, 3.63) is 58.7 Å². The van der Waals surface area contributed by atoms with E-state index in [4.69, 9.17) is 0 Å². The molecule has 0 unspecified atom stereocenters. The number of nitrogens with zero attached hydrogens (tertiary/aromatic N) is 3. The number of pyridine rings is 1. The first kappa shape index (κ1) is 28.7. The smallest absolute Gasteiger partial charge is 0.378 e. The first-order chi connectivity index (χ1) is 18.1. The molecule has 1 aromatic carbocycles. The molecule has 0 bridgehead atoms. The molecule has 2 atom stereocenters. The Morgan fingerprint density at radius 3 is 2.55 bits per heavy atom. The Hall–Kier alpha value is -2.35. The third-order valence-corrected chi connectivity index (χ3v) is 7.53. The average molecular weight is 562 g/mol. The van der Waals surface area contributed by atoms with Gasteiger partial charge in [-0.05, 0) is 55.0 Å². The quantitative estimate of drug-likeness (QED) is 0.289. The number of hydrogen-bond acceptors (Lipinski definition) is 6. The predicted molar refractivity (Wildman–Crippen MR) is 135 cm³/mol. The van der Waals surface area contributed by atoms with E-state index in [0.717, 1.165) is 18.8 Å². The predicted octanol–water partition coefficient (Wildman–Crippen LogP) is 3.23. The van der Waals surface area contributed by atoms with Gasteiger partial charge in [0.25, 0.3) is 0 Å². The van der Waals surface area contributed by atoms with Gasteiger partial charge in [0.15, 0.2) is 0 Å². The van der Waals surface area contributed by atoms with Crippen molar-refractivity contribution in [2.45, 2.75) is 50.5 Å². The van der Waals surface area contributed by atoms with E-state index in [1.165, 1.54) is 11.0 Å². The lowest BCUT2D eigenvalue weighted by atomic mass is 9.85. The summed E-state index contributed by atoms with van der Waals surface area (Å²) >= 11 is 0. The van der Waals surface area contributed by atoms with Gasteiger partial charge in [-0.1, -0.05) is 12.1 Å². The molecular weight excluding hydrogens is 529 g/mol. The molecule has 0 amide bonds. The topological polar surface area (TPSA) is 77.6 Å². The van der Waals surface area contributed by atoms with Gasteiger partial charge in [0.05, 0.1) is 42.9 Å². The number of aromatic nitrogens is 1. The summed E-state index contributed by atoms with van der Waals surface area (Å²) < 4.78 is 92.3. The molecule has 38 heavy (non-hydrogen) atoms. The van der Waals surface area contributed by atoms with E-state index in [9.17, 15) is 26.0 Å². The normalized spacial score (nSPS) is 20.9. The lowest BCUT2D eigenvalue weighted by Crippen LogP contribution is -2.54. The molecule has 2 aromatic rings. The zero-order chi connectivity index (χ0) is 27.4. The lowest BCUT2D eigenvalue weighted by Gasteiger charge is -2.42. The molecule has 4 rings (SSSR count). The molecule has 0 saturated carbocycles. The third-order valence-electron chi connectivity index (χ3n) is 7.05. The van der Waals surface area contributed by atoms with E-state index in [-0.39, 0.29) is 32.1 Å². The standard InChI is InChI=1S/C25H32F5N5O2S/c1-16-11-21-20(5-3-17(23(21)27)7-9-32-38(36)37)24(35(16)15-25(28,29)30)22-6-4-18(12-31-22)33-19-13-34(14-19)10-2-8-26/h3-6,12,16,19,24,33,38H,2,7-11,13-15H2,1H3,(H,32,36,37)/t16-,24+/m1/s1. The van der Waals surface area contributed by atoms with Crippen molar-refractivity contribution in [1.29, 1.82) is 0 Å². The Morgan fingerprint density at radius 2 is 1.92 bits per heavy atom. The van der Waals surface area contributed by atoms with Crippen LogP contribution in [0.1, 0.15) is 41.8 Å². The molecule has 7 nitrogen and oxygen atoms in total. The van der Waals surface area contributed by atoms with Gasteiger partial charge in [0.2, 0.25) is 10.9 Å². The maximum absolute atomic E-state index is 15.5. The van der Waals surface area contributed by atoms with Gasteiger partial charge in [-0.15, -0.1) is 0 Å². The van der Waals surface area contributed by atoms with Crippen LogP contribution in [0, 0.1) is 5.82 Å². The van der Waals surface area contributed by atoms with Crippen LogP contribution in [0.25, 0.3) is 0 Å². The van der Waals surface area contributed by atoms with Crippen LogP contribution in [0.2, 0.25) is 0 Å². The average Bonchev–Trinajstić information content (AvgIpc) is 2.82. The summed E-state index contributed by atoms with van der Waals surface area (Å²) in [6.45, 7) is 2.40. The Balaban J connectivity index is 1.57. The molecule has 0 aliphatic carbocycles. The molecule has 1 fully saturated rings. The number of benzene rings is 1. The molecular formula is C25H32F5N5O2S. The van der Waals surface area contributed by atoms with Crippen LogP contribution in [0.5, 0.6) is 0 Å². The van der Waals surface area contributed by atoms with Crippen LogP contribution >= 0.6 is 0 Å². The van der Waals surface area contributed by atoms with Crippen LogP contribution in [0.3, 0.4) is 0 Å². The molecule has 0 spiro atoms. The highest BCUT2D eigenvalue weighted by atomic mass is 32.2. The largest absolute Gasteiger partial charge is 0.401 e. The number of fused-ring (bicyclic) bond motifs is 1. The summed E-state index contributed by atoms with van der Waals surface area (Å²) in [5.74, 6) is -0.519. The van der Waals surface area contributed by atoms with Crippen molar-refractivity contribution in [2.75, 3.05) is 44.7 Å². The highest BCUT2D eigenvalue weighted by Gasteiger charge is 2.42. The summed E-state index contributed by atoms with van der Waals surface area (Å²) in [5, 5.41) is 3.34. The second-order valence-corrected chi connectivity index (χ2v) is 10.7. The number of thiol groups is 1. The van der Waals surface area contributed by atoms with E-state index in [1.807, 2.05) is 0 Å². The maximum atomic E-state index is 15.5. The summed E-state index contributed by atoms with van der Waals surface area (Å²) in [6, 6.07) is 5.22. The minimum atomic E-state index is -4.46. The van der Waals surface area contributed by atoms with E-state index in [1.54, 1.807) is 31.3 Å². The van der Waals surface area contributed by atoms with Gasteiger partial charge in [0, 0.05) is 32.2 Å². The van der Waals surface area contributed by atoms with E-state index in [0.29, 0.717) is 35.3 Å². The Labute approximate surface area is 220 Å². The Bertz CT molecular complexity index is 1160. The van der Waals surface area contributed by atoms with E-state index >= 15 is 4.39 Å². The number of hydrogen-bond donors (Lipinski definition) is 3. The molecule has 13 heteroatoms. The monoisotopic (exact) mass is 561 g/mol. The number of alkyl halides is 4. The number of nitrogens with one attached hydrogen (secondary N) is 2. The van der Waals surface area contributed by atoms with Gasteiger partial charge in [-0.2, -0.15) is 13.2 Å². The third kappa shape index (κ3) is 6.99. The van der Waals surface area contributed by atoms with Crippen molar-refractivity contribution in [3.8, 4) is 0 Å². The van der Waals surface area contributed by atoms with E-state index in [2.05, 4.69) is 19.9 Å². The summed E-state index contributed by atoms with van der Waals surface area (Å²) in [6.07, 6.45) is -2.17. The summed E-state index contributed by atoms with van der Waals surface area (Å²) in [7, 11) is -2.81. The van der Waals surface area contributed by atoms with E-state index < -0.39 is 41.5 Å². The molecule has 2 aliphatic heterocycles. The van der Waals surface area contributed by atoms with Crippen LogP contribution in [-0.4, -0.2) is 80.9 Å². The van der Waals surface area contributed by atoms with Crippen molar-refractivity contribution in [1.82, 2.24) is 19.5 Å². The fraction of sp³-hybridized carbons (Fsp3) is 0.560. The molecule has 3 heterocycles. The molecule has 2 aliphatic rings. The second kappa shape index (κ2) is 12.2. The SMILES string of the molecule is C[C@@H]1Cc2c(ccc(CCN[SH](=O)=O)c2F)[C@@H](c2ccc(NC3CN(CCCF)C3)cn2)N1CC(F)(F)F. The summed E-state index contributed by atoms with van der Waals surface area (Å²) in [5.41, 5.74) is 2.16. The van der Waals surface area contributed by atoms with Crippen molar-refractivity contribution >= 4 is 16.6 Å². The highest BCUT2D eigenvalue weighted by Crippen LogP contribution is 2.40. The van der Waals surface area contributed by atoms with Gasteiger partial charge in [0.1, 0.15) is 5.82 Å². The maximum Gasteiger partial charge on any atom is 0.401 e. The minimum Gasteiger partial charge on any atom is -0.378 e. The number of rotatable bonds is 11. The number of halogens is 5. The Morgan fingerprint density at radius 1 is 1.16 bits per heavy atom. The second-order valence-electron chi connectivity index (χ2n) is 9.88. The van der Waals surface area contributed by atoms with Gasteiger partial charge < -0.3 is 5.32 Å². The Kier molecular flexibility index (Phi) is 9.22. The molecule has 210 valence electrons. The molecule has 2 N–H and O–H groups in total. The zero-order valence-electron chi connectivity index (χ0n) is 21.0. The zero-order valence-corrected chi connectivity index (χ0v) is 21.9. The lowest BCUT2D eigenvalue weighted by molar-refractivity contribution is -0.155. The fourth-order valence-electron chi connectivity index (χ4n) is 5.27. The fourth-order valence-corrected chi connectivity index (χ4v) is 5.56.